The minimum atomic E-state index is -3.57. The lowest BCUT2D eigenvalue weighted by Crippen LogP contribution is -2.34. The number of likely N-dealkylation sites (N-methyl/N-ethyl adjacent to an activating group) is 1. The summed E-state index contributed by atoms with van der Waals surface area (Å²) in [5.74, 6) is 0.945. The average Bonchev–Trinajstić information content (AvgIpc) is 3.41. The summed E-state index contributed by atoms with van der Waals surface area (Å²) in [4.78, 5) is 17.4. The topological polar surface area (TPSA) is 133 Å². The molecule has 0 fully saturated rings. The Kier molecular flexibility index (Phi) is 11.3. The number of sulfonamides is 1. The van der Waals surface area contributed by atoms with E-state index in [0.717, 1.165) is 28.3 Å². The van der Waals surface area contributed by atoms with Gasteiger partial charge in [0.2, 0.25) is 10.0 Å². The van der Waals surface area contributed by atoms with E-state index in [0.29, 0.717) is 36.6 Å². The van der Waals surface area contributed by atoms with Gasteiger partial charge in [0.15, 0.2) is 6.61 Å². The van der Waals surface area contributed by atoms with Crippen molar-refractivity contribution >= 4 is 32.5 Å². The predicted molar refractivity (Wildman–Crippen MR) is 174 cm³/mol. The maximum atomic E-state index is 12.4. The molecule has 4 rings (SSSR count). The number of benzene rings is 3. The van der Waals surface area contributed by atoms with Gasteiger partial charge in [-0.3, -0.25) is 9.52 Å². The van der Waals surface area contributed by atoms with Crippen LogP contribution in [0.2, 0.25) is 0 Å². The number of carbonyl (C=O) groups is 1. The molecule has 2 atom stereocenters. The summed E-state index contributed by atoms with van der Waals surface area (Å²) >= 11 is 0. The van der Waals surface area contributed by atoms with E-state index in [2.05, 4.69) is 15.0 Å². The van der Waals surface area contributed by atoms with Crippen molar-refractivity contribution in [1.29, 1.82) is 0 Å². The van der Waals surface area contributed by atoms with Crippen molar-refractivity contribution in [3.8, 4) is 11.5 Å². The van der Waals surface area contributed by atoms with E-state index in [9.17, 15) is 18.3 Å². The van der Waals surface area contributed by atoms with Crippen molar-refractivity contribution in [2.24, 2.45) is 0 Å². The van der Waals surface area contributed by atoms with Crippen LogP contribution in [0.25, 0.3) is 10.9 Å². The monoisotopic (exact) mass is 622 g/mol. The Hall–Kier alpha value is -4.06. The maximum absolute atomic E-state index is 12.4. The molecule has 1 aromatic heterocycles. The van der Waals surface area contributed by atoms with Crippen molar-refractivity contribution in [3.63, 3.8) is 0 Å². The van der Waals surface area contributed by atoms with E-state index in [1.165, 1.54) is 0 Å². The zero-order valence-corrected chi connectivity index (χ0v) is 26.5. The highest BCUT2D eigenvalue weighted by molar-refractivity contribution is 7.92. The molecular weight excluding hydrogens is 580 g/mol. The largest absolute Gasteiger partial charge is 0.487 e. The SMILES string of the molecule is CCN(CC)C(=O)COc1cccc2c(CC(C)NCC(O)c3ccc(OCc4ccccc4)c(NS(C)(=O)=O)c3)c[nH]c12. The fraction of sp³-hybridized carbons (Fsp3) is 0.364. The van der Waals surface area contributed by atoms with Crippen molar-refractivity contribution < 1.29 is 27.8 Å². The Morgan fingerprint density at radius 1 is 1.00 bits per heavy atom. The van der Waals surface area contributed by atoms with Crippen LogP contribution in [-0.4, -0.2) is 67.9 Å². The molecule has 1 heterocycles. The number of nitrogens with one attached hydrogen (secondary N) is 3. The second kappa shape index (κ2) is 15.1. The van der Waals surface area contributed by atoms with Gasteiger partial charge in [0.1, 0.15) is 18.1 Å². The number of ether oxygens (including phenoxy) is 2. The second-order valence-electron chi connectivity index (χ2n) is 10.8. The number of aromatic amines is 1. The highest BCUT2D eigenvalue weighted by Crippen LogP contribution is 2.31. The summed E-state index contributed by atoms with van der Waals surface area (Å²) < 4.78 is 38.4. The van der Waals surface area contributed by atoms with Gasteiger partial charge in [-0.05, 0) is 62.1 Å². The van der Waals surface area contributed by atoms with Crippen molar-refractivity contribution in [2.45, 2.75) is 45.9 Å². The number of aliphatic hydroxyl groups is 1. The van der Waals surface area contributed by atoms with E-state index >= 15 is 0 Å². The number of nitrogens with zero attached hydrogens (tertiary/aromatic N) is 1. The number of rotatable bonds is 16. The fourth-order valence-corrected chi connectivity index (χ4v) is 5.57. The number of hydrogen-bond donors (Lipinski definition) is 4. The molecule has 0 saturated heterocycles. The number of amides is 1. The van der Waals surface area contributed by atoms with Gasteiger partial charge >= 0.3 is 0 Å². The molecule has 3 aromatic carbocycles. The number of fused-ring (bicyclic) bond motifs is 1. The first-order valence-corrected chi connectivity index (χ1v) is 16.7. The summed E-state index contributed by atoms with van der Waals surface area (Å²) in [6.45, 7) is 7.72. The highest BCUT2D eigenvalue weighted by Gasteiger charge is 2.17. The van der Waals surface area contributed by atoms with Gasteiger partial charge in [0.05, 0.1) is 23.6 Å². The standard InChI is InChI=1S/C33H42N4O6S/c1-5-37(6-2)32(39)22-43-31-14-10-13-27-26(19-35-33(27)31)17-23(3)34-20-29(38)25-15-16-30(28(18-25)36-44(4,40)41)42-21-24-11-8-7-9-12-24/h7-16,18-19,23,29,34-36,38H,5-6,17,20-22H2,1-4H3. The van der Waals surface area contributed by atoms with Crippen molar-refractivity contribution in [2.75, 3.05) is 37.2 Å². The number of hydrogen-bond acceptors (Lipinski definition) is 7. The first-order chi connectivity index (χ1) is 21.1. The highest BCUT2D eigenvalue weighted by atomic mass is 32.2. The molecule has 0 radical (unpaired) electrons. The summed E-state index contributed by atoms with van der Waals surface area (Å²) in [6, 6.07) is 20.4. The third kappa shape index (κ3) is 8.98. The average molecular weight is 623 g/mol. The summed E-state index contributed by atoms with van der Waals surface area (Å²) in [5, 5.41) is 15.4. The van der Waals surface area contributed by atoms with Crippen LogP contribution in [0.3, 0.4) is 0 Å². The van der Waals surface area contributed by atoms with Crippen LogP contribution in [0.15, 0.2) is 72.9 Å². The molecule has 44 heavy (non-hydrogen) atoms. The summed E-state index contributed by atoms with van der Waals surface area (Å²) in [7, 11) is -3.57. The number of carbonyl (C=O) groups excluding carboxylic acids is 1. The molecule has 10 nitrogen and oxygen atoms in total. The first-order valence-electron chi connectivity index (χ1n) is 14.8. The molecule has 0 aliphatic rings. The van der Waals surface area contributed by atoms with Gasteiger partial charge in [-0.15, -0.1) is 0 Å². The quantitative estimate of drug-likeness (QED) is 0.143. The molecule has 11 heteroatoms. The Morgan fingerprint density at radius 2 is 1.75 bits per heavy atom. The van der Waals surface area contributed by atoms with Gasteiger partial charge in [-0.25, -0.2) is 8.42 Å². The maximum Gasteiger partial charge on any atom is 0.260 e. The number of para-hydroxylation sites is 1. The molecule has 236 valence electrons. The molecule has 1 amide bonds. The van der Waals surface area contributed by atoms with Crippen LogP contribution < -0.4 is 19.5 Å². The molecule has 4 aromatic rings. The van der Waals surface area contributed by atoms with E-state index < -0.39 is 16.1 Å². The second-order valence-corrected chi connectivity index (χ2v) is 12.5. The van der Waals surface area contributed by atoms with Crippen LogP contribution >= 0.6 is 0 Å². The van der Waals surface area contributed by atoms with Crippen LogP contribution in [-0.2, 0) is 27.8 Å². The van der Waals surface area contributed by atoms with Crippen LogP contribution in [0.1, 0.15) is 43.6 Å². The fourth-order valence-electron chi connectivity index (χ4n) is 5.01. The zero-order chi connectivity index (χ0) is 31.7. The predicted octanol–water partition coefficient (Wildman–Crippen LogP) is 4.62. The number of aromatic nitrogens is 1. The van der Waals surface area contributed by atoms with Crippen molar-refractivity contribution in [1.82, 2.24) is 15.2 Å². The molecule has 0 spiro atoms. The van der Waals surface area contributed by atoms with E-state index in [4.69, 9.17) is 9.47 Å². The van der Waals surface area contributed by atoms with E-state index in [-0.39, 0.29) is 37.4 Å². The van der Waals surface area contributed by atoms with Gasteiger partial charge < -0.3 is 29.8 Å². The van der Waals surface area contributed by atoms with Crippen LogP contribution in [0.5, 0.6) is 11.5 Å². The molecule has 0 aliphatic heterocycles. The van der Waals surface area contributed by atoms with E-state index in [1.807, 2.05) is 75.5 Å². The molecule has 4 N–H and O–H groups in total. The first kappa shape index (κ1) is 32.8. The minimum absolute atomic E-state index is 0.0135. The number of H-pyrrole nitrogens is 1. The molecular formula is C33H42N4O6S. The van der Waals surface area contributed by atoms with Gasteiger partial charge in [0, 0.05) is 37.3 Å². The lowest BCUT2D eigenvalue weighted by Gasteiger charge is -2.19. The number of aliphatic hydroxyl groups excluding tert-OH is 1. The Balaban J connectivity index is 1.38. The third-order valence-electron chi connectivity index (χ3n) is 7.34. The molecule has 0 saturated carbocycles. The third-order valence-corrected chi connectivity index (χ3v) is 7.93. The van der Waals surface area contributed by atoms with Crippen LogP contribution in [0, 0.1) is 0 Å². The van der Waals surface area contributed by atoms with Gasteiger partial charge in [0.25, 0.3) is 5.91 Å². The van der Waals surface area contributed by atoms with Gasteiger partial charge in [-0.1, -0.05) is 48.5 Å². The molecule has 0 bridgehead atoms. The Labute approximate surface area is 259 Å². The summed E-state index contributed by atoms with van der Waals surface area (Å²) in [6.07, 6.45) is 2.82. The number of anilines is 1. The smallest absolute Gasteiger partial charge is 0.260 e. The Morgan fingerprint density at radius 3 is 2.45 bits per heavy atom. The van der Waals surface area contributed by atoms with E-state index in [1.54, 1.807) is 23.1 Å². The molecule has 2 unspecified atom stereocenters. The lowest BCUT2D eigenvalue weighted by molar-refractivity contribution is -0.132. The lowest BCUT2D eigenvalue weighted by atomic mass is 10.0. The summed E-state index contributed by atoms with van der Waals surface area (Å²) in [5.41, 5.74) is 3.68. The minimum Gasteiger partial charge on any atom is -0.487 e. The zero-order valence-electron chi connectivity index (χ0n) is 25.7. The van der Waals surface area contributed by atoms with Gasteiger partial charge in [-0.2, -0.15) is 0 Å². The Bertz CT molecular complexity index is 1640. The normalized spacial score (nSPS) is 12.9. The van der Waals surface area contributed by atoms with Crippen molar-refractivity contribution in [3.05, 3.63) is 89.6 Å². The van der Waals surface area contributed by atoms with Crippen LogP contribution in [0.4, 0.5) is 5.69 Å². The molecule has 0 aliphatic carbocycles.